The molecule has 0 N–H and O–H groups in total. The van der Waals surface area contributed by atoms with Crippen molar-refractivity contribution in [3.63, 3.8) is 0 Å². The first-order valence-electron chi connectivity index (χ1n) is 2.76. The highest BCUT2D eigenvalue weighted by atomic mass is 19.4. The molecule has 0 aliphatic heterocycles. The second kappa shape index (κ2) is 2.41. The van der Waals surface area contributed by atoms with Gasteiger partial charge >= 0.3 is 12.1 Å². The second-order valence-corrected chi connectivity index (χ2v) is 1.89. The summed E-state index contributed by atoms with van der Waals surface area (Å²) in [5.41, 5.74) is 0. The number of halogens is 3. The molecule has 2 nitrogen and oxygen atoms in total. The molecule has 0 atom stereocenters. The van der Waals surface area contributed by atoms with Crippen molar-refractivity contribution in [2.24, 2.45) is 0 Å². The van der Waals surface area contributed by atoms with Crippen molar-refractivity contribution in [1.29, 1.82) is 0 Å². The standard InChI is InChI=1S/C6H4F3NO/c7-6(8,9)5(11)10-3-1-2-4-10/h1-4H. The summed E-state index contributed by atoms with van der Waals surface area (Å²) in [6, 6.07) is 2.70. The van der Waals surface area contributed by atoms with E-state index >= 15 is 0 Å². The number of nitrogens with zero attached hydrogens (tertiary/aromatic N) is 1. The summed E-state index contributed by atoms with van der Waals surface area (Å²) in [5, 5.41) is 0. The van der Waals surface area contributed by atoms with Crippen LogP contribution in [-0.2, 0) is 0 Å². The zero-order valence-electron chi connectivity index (χ0n) is 5.30. The third-order valence-electron chi connectivity index (χ3n) is 1.08. The van der Waals surface area contributed by atoms with Crippen LogP contribution in [0.1, 0.15) is 4.79 Å². The lowest BCUT2D eigenvalue weighted by Gasteiger charge is -2.03. The van der Waals surface area contributed by atoms with Crippen LogP contribution in [0.15, 0.2) is 24.5 Å². The fourth-order valence-electron chi connectivity index (χ4n) is 0.616. The van der Waals surface area contributed by atoms with E-state index in [0.29, 0.717) is 4.57 Å². The van der Waals surface area contributed by atoms with Gasteiger partial charge in [-0.25, -0.2) is 0 Å². The fraction of sp³-hybridized carbons (Fsp3) is 0.167. The molecule has 0 bridgehead atoms. The molecular formula is C6H4F3NO. The molecule has 0 spiro atoms. The normalized spacial score (nSPS) is 11.5. The number of hydrogen-bond acceptors (Lipinski definition) is 1. The molecule has 1 heterocycles. The summed E-state index contributed by atoms with van der Waals surface area (Å²) in [7, 11) is 0. The van der Waals surface area contributed by atoms with Crippen molar-refractivity contribution in [2.75, 3.05) is 0 Å². The Labute approximate surface area is 60.2 Å². The largest absolute Gasteiger partial charge is 0.472 e. The Morgan fingerprint density at radius 2 is 1.64 bits per heavy atom. The van der Waals surface area contributed by atoms with Gasteiger partial charge in [0, 0.05) is 12.4 Å². The predicted molar refractivity (Wildman–Crippen MR) is 31.1 cm³/mol. The average Bonchev–Trinajstić information content (AvgIpc) is 2.34. The van der Waals surface area contributed by atoms with Crippen molar-refractivity contribution in [3.8, 4) is 0 Å². The Morgan fingerprint density at radius 1 is 1.18 bits per heavy atom. The van der Waals surface area contributed by atoms with Crippen LogP contribution in [0.2, 0.25) is 0 Å². The smallest absolute Gasteiger partial charge is 0.287 e. The van der Waals surface area contributed by atoms with Gasteiger partial charge in [0.25, 0.3) is 0 Å². The van der Waals surface area contributed by atoms with Crippen LogP contribution in [0, 0.1) is 0 Å². The van der Waals surface area contributed by atoms with Crippen molar-refractivity contribution in [1.82, 2.24) is 4.57 Å². The molecule has 11 heavy (non-hydrogen) atoms. The molecule has 0 radical (unpaired) electrons. The van der Waals surface area contributed by atoms with Crippen LogP contribution in [0.5, 0.6) is 0 Å². The van der Waals surface area contributed by atoms with Crippen LogP contribution in [0.3, 0.4) is 0 Å². The van der Waals surface area contributed by atoms with Crippen molar-refractivity contribution >= 4 is 5.91 Å². The molecular weight excluding hydrogens is 159 g/mol. The third kappa shape index (κ3) is 1.60. The van der Waals surface area contributed by atoms with E-state index in [1.807, 2.05) is 0 Å². The van der Waals surface area contributed by atoms with Gasteiger partial charge in [-0.2, -0.15) is 13.2 Å². The van der Waals surface area contributed by atoms with Gasteiger partial charge in [0.1, 0.15) is 0 Å². The monoisotopic (exact) mass is 163 g/mol. The highest BCUT2D eigenvalue weighted by Gasteiger charge is 2.39. The van der Waals surface area contributed by atoms with Crippen LogP contribution < -0.4 is 0 Å². The summed E-state index contributed by atoms with van der Waals surface area (Å²) >= 11 is 0. The van der Waals surface area contributed by atoms with E-state index in [2.05, 4.69) is 0 Å². The molecule has 5 heteroatoms. The van der Waals surface area contributed by atoms with Crippen molar-refractivity contribution < 1.29 is 18.0 Å². The van der Waals surface area contributed by atoms with Crippen molar-refractivity contribution in [3.05, 3.63) is 24.5 Å². The van der Waals surface area contributed by atoms with Gasteiger partial charge in [-0.3, -0.25) is 9.36 Å². The molecule has 0 aromatic carbocycles. The van der Waals surface area contributed by atoms with E-state index < -0.39 is 12.1 Å². The topological polar surface area (TPSA) is 22.0 Å². The van der Waals surface area contributed by atoms with E-state index in [1.165, 1.54) is 12.1 Å². The summed E-state index contributed by atoms with van der Waals surface area (Å²) in [6.07, 6.45) is -2.69. The molecule has 0 aliphatic rings. The third-order valence-corrected chi connectivity index (χ3v) is 1.08. The van der Waals surface area contributed by atoms with E-state index in [0.717, 1.165) is 12.4 Å². The SMILES string of the molecule is O=C(n1cccc1)C(F)(F)F. The Balaban J connectivity index is 2.88. The summed E-state index contributed by atoms with van der Waals surface area (Å²) in [5.74, 6) is -1.87. The molecule has 0 saturated carbocycles. The lowest BCUT2D eigenvalue weighted by molar-refractivity contribution is -0.0946. The minimum atomic E-state index is -4.79. The van der Waals surface area contributed by atoms with E-state index in [4.69, 9.17) is 0 Å². The van der Waals surface area contributed by atoms with E-state index in [9.17, 15) is 18.0 Å². The second-order valence-electron chi connectivity index (χ2n) is 1.89. The fourth-order valence-corrected chi connectivity index (χ4v) is 0.616. The quantitative estimate of drug-likeness (QED) is 0.570. The molecule has 0 amide bonds. The first-order chi connectivity index (χ1) is 5.02. The molecule has 1 rings (SSSR count). The van der Waals surface area contributed by atoms with Gasteiger partial charge in [0.2, 0.25) is 0 Å². The maximum atomic E-state index is 11.6. The maximum absolute atomic E-state index is 11.6. The Bertz CT molecular complexity index is 249. The zero-order chi connectivity index (χ0) is 8.48. The minimum Gasteiger partial charge on any atom is -0.287 e. The highest BCUT2D eigenvalue weighted by molar-refractivity contribution is 5.84. The molecule has 60 valence electrons. The molecule has 1 aromatic rings. The lowest BCUT2D eigenvalue weighted by atomic mass is 10.6. The first-order valence-corrected chi connectivity index (χ1v) is 2.76. The first kappa shape index (κ1) is 7.84. The number of aromatic nitrogens is 1. The van der Waals surface area contributed by atoms with Crippen LogP contribution in [0.4, 0.5) is 13.2 Å². The minimum absolute atomic E-state index is 0.486. The Hall–Kier alpha value is -1.26. The summed E-state index contributed by atoms with van der Waals surface area (Å²) in [6.45, 7) is 0. The molecule has 0 aliphatic carbocycles. The number of carbonyl (C=O) groups is 1. The molecule has 1 aromatic heterocycles. The van der Waals surface area contributed by atoms with Gasteiger partial charge < -0.3 is 0 Å². The molecule has 0 fully saturated rings. The van der Waals surface area contributed by atoms with E-state index in [1.54, 1.807) is 0 Å². The van der Waals surface area contributed by atoms with Gasteiger partial charge in [0.15, 0.2) is 0 Å². The van der Waals surface area contributed by atoms with Gasteiger partial charge in [-0.15, -0.1) is 0 Å². The van der Waals surface area contributed by atoms with Crippen molar-refractivity contribution in [2.45, 2.75) is 6.18 Å². The Kier molecular flexibility index (Phi) is 1.72. The van der Waals surface area contributed by atoms with Gasteiger partial charge in [-0.05, 0) is 12.1 Å². The maximum Gasteiger partial charge on any atom is 0.472 e. The zero-order valence-corrected chi connectivity index (χ0v) is 5.30. The van der Waals surface area contributed by atoms with Crippen LogP contribution >= 0.6 is 0 Å². The van der Waals surface area contributed by atoms with Crippen LogP contribution in [0.25, 0.3) is 0 Å². The predicted octanol–water partition coefficient (Wildman–Crippen LogP) is 1.69. The van der Waals surface area contributed by atoms with Gasteiger partial charge in [-0.1, -0.05) is 0 Å². The summed E-state index contributed by atoms with van der Waals surface area (Å²) in [4.78, 5) is 10.4. The molecule has 0 saturated heterocycles. The number of alkyl halides is 3. The van der Waals surface area contributed by atoms with E-state index in [-0.39, 0.29) is 0 Å². The van der Waals surface area contributed by atoms with Gasteiger partial charge in [0.05, 0.1) is 0 Å². The highest BCUT2D eigenvalue weighted by Crippen LogP contribution is 2.17. The van der Waals surface area contributed by atoms with Crippen LogP contribution in [-0.4, -0.2) is 16.7 Å². The average molecular weight is 163 g/mol. The summed E-state index contributed by atoms with van der Waals surface area (Å²) < 4.78 is 35.4. The number of carbonyl (C=O) groups excluding carboxylic acids is 1. The Morgan fingerprint density at radius 3 is 2.00 bits per heavy atom. The molecule has 0 unspecified atom stereocenters. The number of rotatable bonds is 0. The number of hydrogen-bond donors (Lipinski definition) is 0. The lowest BCUT2D eigenvalue weighted by Crippen LogP contribution is -2.27.